The summed E-state index contributed by atoms with van der Waals surface area (Å²) in [5.74, 6) is 1.00. The van der Waals surface area contributed by atoms with Gasteiger partial charge >= 0.3 is 0 Å². The smallest absolute Gasteiger partial charge is 0.260 e. The fourth-order valence-corrected chi connectivity index (χ4v) is 4.55. The average molecular weight is 544 g/mol. The number of methoxy groups -OCH3 is 2. The molecule has 0 fully saturated rings. The predicted molar refractivity (Wildman–Crippen MR) is 155 cm³/mol. The highest BCUT2D eigenvalue weighted by Crippen LogP contribution is 2.20. The van der Waals surface area contributed by atoms with Crippen LogP contribution in [0.1, 0.15) is 17.5 Å². The van der Waals surface area contributed by atoms with Crippen LogP contribution in [0, 0.1) is 0 Å². The lowest BCUT2D eigenvalue weighted by atomic mass is 10.1. The highest BCUT2D eigenvalue weighted by Gasteiger charge is 2.22. The Morgan fingerprint density at radius 1 is 0.800 bits per heavy atom. The van der Waals surface area contributed by atoms with Crippen molar-refractivity contribution in [3.63, 3.8) is 0 Å². The Bertz CT molecular complexity index is 1350. The van der Waals surface area contributed by atoms with Crippen LogP contribution in [0.5, 0.6) is 11.5 Å². The van der Waals surface area contributed by atoms with Gasteiger partial charge in [-0.2, -0.15) is 0 Å². The van der Waals surface area contributed by atoms with Crippen molar-refractivity contribution in [1.82, 2.24) is 14.8 Å². The molecular formula is C32H37N3O5. The van der Waals surface area contributed by atoms with E-state index in [0.717, 1.165) is 27.8 Å². The van der Waals surface area contributed by atoms with Gasteiger partial charge in [0.2, 0.25) is 5.91 Å². The van der Waals surface area contributed by atoms with Crippen LogP contribution in [0.15, 0.2) is 85.1 Å². The average Bonchev–Trinajstić information content (AvgIpc) is 3.41. The zero-order valence-electron chi connectivity index (χ0n) is 23.2. The van der Waals surface area contributed by atoms with Gasteiger partial charge in [0.05, 0.1) is 13.7 Å². The molecule has 0 unspecified atom stereocenters. The lowest BCUT2D eigenvalue weighted by Gasteiger charge is -2.28. The van der Waals surface area contributed by atoms with Gasteiger partial charge in [-0.1, -0.05) is 48.5 Å². The number of ether oxygens (including phenoxy) is 3. The van der Waals surface area contributed by atoms with Gasteiger partial charge < -0.3 is 29.0 Å². The zero-order valence-corrected chi connectivity index (χ0v) is 23.2. The first-order valence-electron chi connectivity index (χ1n) is 13.5. The molecule has 0 radical (unpaired) electrons. The Morgan fingerprint density at radius 2 is 1.55 bits per heavy atom. The fraction of sp³-hybridized carbons (Fsp3) is 0.312. The summed E-state index contributed by atoms with van der Waals surface area (Å²) in [7, 11) is 3.25. The number of amides is 2. The van der Waals surface area contributed by atoms with Gasteiger partial charge in [0.15, 0.2) is 6.61 Å². The molecule has 0 aliphatic carbocycles. The van der Waals surface area contributed by atoms with Crippen LogP contribution in [0.25, 0.3) is 10.9 Å². The fourth-order valence-electron chi connectivity index (χ4n) is 4.55. The number of nitrogens with one attached hydrogen (secondary N) is 1. The van der Waals surface area contributed by atoms with Crippen LogP contribution in [0.3, 0.4) is 0 Å². The van der Waals surface area contributed by atoms with Gasteiger partial charge in [0, 0.05) is 50.5 Å². The number of rotatable bonds is 15. The number of H-pyrrole nitrogens is 1. The Kier molecular flexibility index (Phi) is 10.6. The third-order valence-corrected chi connectivity index (χ3v) is 6.77. The van der Waals surface area contributed by atoms with E-state index in [0.29, 0.717) is 44.8 Å². The Labute approximate surface area is 235 Å². The van der Waals surface area contributed by atoms with E-state index in [9.17, 15) is 9.59 Å². The van der Waals surface area contributed by atoms with Gasteiger partial charge in [-0.15, -0.1) is 0 Å². The molecule has 1 N–H and O–H groups in total. The predicted octanol–water partition coefficient (Wildman–Crippen LogP) is 4.69. The Hall–Kier alpha value is -4.30. The van der Waals surface area contributed by atoms with E-state index in [1.807, 2.05) is 71.8 Å². The Morgan fingerprint density at radius 3 is 2.30 bits per heavy atom. The number of aromatic nitrogens is 1. The topological polar surface area (TPSA) is 84.1 Å². The quantitative estimate of drug-likeness (QED) is 0.220. The molecule has 0 spiro atoms. The Balaban J connectivity index is 1.48. The van der Waals surface area contributed by atoms with Crippen LogP contribution < -0.4 is 9.47 Å². The molecule has 0 aliphatic heterocycles. The minimum Gasteiger partial charge on any atom is -0.497 e. The van der Waals surface area contributed by atoms with Gasteiger partial charge in [0.25, 0.3) is 5.91 Å². The number of carbonyl (C=O) groups is 2. The number of carbonyl (C=O) groups excluding carboxylic acids is 2. The van der Waals surface area contributed by atoms with E-state index in [1.165, 1.54) is 0 Å². The number of hydrogen-bond acceptors (Lipinski definition) is 5. The third-order valence-electron chi connectivity index (χ3n) is 6.77. The summed E-state index contributed by atoms with van der Waals surface area (Å²) < 4.78 is 16.2. The maximum Gasteiger partial charge on any atom is 0.260 e. The zero-order chi connectivity index (χ0) is 28.2. The van der Waals surface area contributed by atoms with Crippen molar-refractivity contribution in [2.75, 3.05) is 47.1 Å². The first-order chi connectivity index (χ1) is 19.6. The molecule has 0 saturated heterocycles. The van der Waals surface area contributed by atoms with Crippen molar-refractivity contribution >= 4 is 22.7 Å². The molecule has 40 heavy (non-hydrogen) atoms. The molecule has 3 aromatic carbocycles. The summed E-state index contributed by atoms with van der Waals surface area (Å²) in [6, 6.07) is 25.0. The SMILES string of the molecule is COCCCN(CC(=O)N(CCc1c[nH]c2ccccc12)Cc1ccc(OC)cc1)C(=O)COc1ccccc1. The van der Waals surface area contributed by atoms with Crippen molar-refractivity contribution < 1.29 is 23.8 Å². The highest BCUT2D eigenvalue weighted by atomic mass is 16.5. The molecule has 1 aromatic heterocycles. The van der Waals surface area contributed by atoms with E-state index in [2.05, 4.69) is 11.1 Å². The number of nitrogens with zero attached hydrogens (tertiary/aromatic N) is 2. The lowest BCUT2D eigenvalue weighted by molar-refractivity contribution is -0.142. The lowest BCUT2D eigenvalue weighted by Crippen LogP contribution is -2.45. The van der Waals surface area contributed by atoms with Crippen molar-refractivity contribution in [3.05, 3.63) is 96.2 Å². The molecule has 8 heteroatoms. The monoisotopic (exact) mass is 543 g/mol. The van der Waals surface area contributed by atoms with E-state index in [1.54, 1.807) is 31.3 Å². The van der Waals surface area contributed by atoms with Gasteiger partial charge in [0.1, 0.15) is 11.5 Å². The van der Waals surface area contributed by atoms with Crippen LogP contribution in [0.4, 0.5) is 0 Å². The van der Waals surface area contributed by atoms with Gasteiger partial charge in [-0.25, -0.2) is 0 Å². The second-order valence-electron chi connectivity index (χ2n) is 9.54. The molecule has 0 bridgehead atoms. The summed E-state index contributed by atoms with van der Waals surface area (Å²) in [4.78, 5) is 33.6. The van der Waals surface area contributed by atoms with Crippen LogP contribution >= 0.6 is 0 Å². The molecule has 2 amide bonds. The minimum atomic E-state index is -0.241. The second kappa shape index (κ2) is 14.7. The standard InChI is InChI=1S/C32H37N3O5/c1-38-20-8-18-34(32(37)24-40-28-9-4-3-5-10-28)23-31(36)35(22-25-13-15-27(39-2)16-14-25)19-17-26-21-33-30-12-7-6-11-29(26)30/h3-7,9-16,21,33H,8,17-20,22-24H2,1-2H3. The van der Waals surface area contributed by atoms with Crippen molar-refractivity contribution in [2.45, 2.75) is 19.4 Å². The van der Waals surface area contributed by atoms with Crippen LogP contribution in [-0.4, -0.2) is 73.7 Å². The summed E-state index contributed by atoms with van der Waals surface area (Å²) in [6.45, 7) is 1.64. The molecule has 0 saturated carbocycles. The maximum absolute atomic E-state index is 13.7. The summed E-state index contributed by atoms with van der Waals surface area (Å²) in [5, 5.41) is 1.15. The van der Waals surface area contributed by atoms with Crippen LogP contribution in [-0.2, 0) is 27.3 Å². The molecule has 4 rings (SSSR count). The van der Waals surface area contributed by atoms with Crippen molar-refractivity contribution in [3.8, 4) is 11.5 Å². The van der Waals surface area contributed by atoms with Crippen molar-refractivity contribution in [2.24, 2.45) is 0 Å². The summed E-state index contributed by atoms with van der Waals surface area (Å²) in [6.07, 6.45) is 3.30. The largest absolute Gasteiger partial charge is 0.497 e. The number of aromatic amines is 1. The molecule has 0 aliphatic rings. The second-order valence-corrected chi connectivity index (χ2v) is 9.54. The van der Waals surface area contributed by atoms with E-state index in [-0.39, 0.29) is 25.0 Å². The number of fused-ring (bicyclic) bond motifs is 1. The van der Waals surface area contributed by atoms with Crippen molar-refractivity contribution in [1.29, 1.82) is 0 Å². The summed E-state index contributed by atoms with van der Waals surface area (Å²) in [5.41, 5.74) is 3.20. The third kappa shape index (κ3) is 8.10. The maximum atomic E-state index is 13.7. The van der Waals surface area contributed by atoms with E-state index < -0.39 is 0 Å². The number of benzene rings is 3. The minimum absolute atomic E-state index is 0.0370. The molecule has 4 aromatic rings. The number of hydrogen-bond donors (Lipinski definition) is 1. The summed E-state index contributed by atoms with van der Waals surface area (Å²) >= 11 is 0. The molecule has 0 atom stereocenters. The first kappa shape index (κ1) is 28.7. The van der Waals surface area contributed by atoms with Gasteiger partial charge in [-0.3, -0.25) is 9.59 Å². The van der Waals surface area contributed by atoms with E-state index >= 15 is 0 Å². The van der Waals surface area contributed by atoms with Crippen LogP contribution in [0.2, 0.25) is 0 Å². The first-order valence-corrected chi connectivity index (χ1v) is 13.5. The molecule has 210 valence electrons. The number of para-hydroxylation sites is 2. The molecule has 8 nitrogen and oxygen atoms in total. The van der Waals surface area contributed by atoms with Gasteiger partial charge in [-0.05, 0) is 54.3 Å². The molecule has 1 heterocycles. The van der Waals surface area contributed by atoms with E-state index in [4.69, 9.17) is 14.2 Å². The highest BCUT2D eigenvalue weighted by molar-refractivity contribution is 5.86. The molecular weight excluding hydrogens is 506 g/mol. The normalized spacial score (nSPS) is 10.8.